The highest BCUT2D eigenvalue weighted by Gasteiger charge is 2.30. The molecule has 0 aliphatic heterocycles. The Kier molecular flexibility index (Phi) is 9.11. The van der Waals surface area contributed by atoms with Gasteiger partial charge in [-0.2, -0.15) is 0 Å². The van der Waals surface area contributed by atoms with Crippen molar-refractivity contribution in [2.24, 2.45) is 0 Å². The number of carbonyl (C=O) groups excluding carboxylic acids is 2. The topological polar surface area (TPSA) is 132 Å². The van der Waals surface area contributed by atoms with E-state index in [0.29, 0.717) is 22.8 Å². The molecule has 0 saturated heterocycles. The highest BCUT2D eigenvalue weighted by Crippen LogP contribution is 2.44. The number of aliphatic carboxylic acids is 1. The van der Waals surface area contributed by atoms with Crippen LogP contribution >= 0.6 is 0 Å². The van der Waals surface area contributed by atoms with E-state index in [1.807, 2.05) is 48.5 Å². The Hall–Kier alpha value is -4.73. The van der Waals surface area contributed by atoms with Crippen molar-refractivity contribution >= 4 is 18.0 Å². The van der Waals surface area contributed by atoms with Gasteiger partial charge in [-0.05, 0) is 28.7 Å². The van der Waals surface area contributed by atoms with Gasteiger partial charge in [-0.25, -0.2) is 9.59 Å². The van der Waals surface area contributed by atoms with Gasteiger partial charge in [0.1, 0.15) is 29.9 Å². The van der Waals surface area contributed by atoms with E-state index in [2.05, 4.69) is 10.6 Å². The standard InChI is InChI=1S/C30H32N2O8/c1-37-18-14-26(38-2)23(27(15-18)39-3)16-31-28(33)13-12-25(29(34)35)32-30(36)40-17-24-21-10-6-4-8-19(21)20-9-5-7-11-22(20)24/h4-11,14-15,24-25H,12-13,16-17H2,1-3H3,(H,31,33)(H,32,36)(H,34,35)/t25-/m0/s1. The molecule has 10 heteroatoms. The quantitative estimate of drug-likeness (QED) is 0.308. The maximum Gasteiger partial charge on any atom is 0.407 e. The van der Waals surface area contributed by atoms with Crippen molar-refractivity contribution in [3.63, 3.8) is 0 Å². The lowest BCUT2D eigenvalue weighted by Gasteiger charge is -2.18. The predicted octanol–water partition coefficient (Wildman–Crippen LogP) is 4.10. The number of carboxylic acids is 1. The minimum Gasteiger partial charge on any atom is -0.496 e. The molecule has 0 spiro atoms. The van der Waals surface area contributed by atoms with Gasteiger partial charge in [0.05, 0.1) is 33.4 Å². The van der Waals surface area contributed by atoms with Gasteiger partial charge in [0.15, 0.2) is 0 Å². The van der Waals surface area contributed by atoms with E-state index >= 15 is 0 Å². The summed E-state index contributed by atoms with van der Waals surface area (Å²) in [5, 5.41) is 14.7. The molecule has 40 heavy (non-hydrogen) atoms. The minimum atomic E-state index is -1.30. The number of ether oxygens (including phenoxy) is 4. The van der Waals surface area contributed by atoms with Crippen LogP contribution in [0.25, 0.3) is 11.1 Å². The number of carboxylic acid groups (broad SMARTS) is 1. The van der Waals surface area contributed by atoms with Gasteiger partial charge in [-0.15, -0.1) is 0 Å². The minimum absolute atomic E-state index is 0.0538. The molecule has 0 bridgehead atoms. The van der Waals surface area contributed by atoms with Gasteiger partial charge in [0.2, 0.25) is 5.91 Å². The van der Waals surface area contributed by atoms with Gasteiger partial charge in [-0.1, -0.05) is 48.5 Å². The summed E-state index contributed by atoms with van der Waals surface area (Å²) in [5.41, 5.74) is 4.88. The molecule has 0 saturated carbocycles. The SMILES string of the molecule is COc1cc(OC)c(CNC(=O)CC[C@H](NC(=O)OCC2c3ccccc3-c3ccccc32)C(=O)O)c(OC)c1. The normalized spacial score (nSPS) is 12.5. The first-order valence-corrected chi connectivity index (χ1v) is 12.8. The number of rotatable bonds is 12. The molecule has 1 aliphatic rings. The molecule has 0 heterocycles. The molecule has 0 aromatic heterocycles. The maximum absolute atomic E-state index is 12.6. The fraction of sp³-hybridized carbons (Fsp3) is 0.300. The van der Waals surface area contributed by atoms with Gasteiger partial charge >= 0.3 is 12.1 Å². The number of fused-ring (bicyclic) bond motifs is 3. The molecule has 0 unspecified atom stereocenters. The summed E-state index contributed by atoms with van der Waals surface area (Å²) in [7, 11) is 4.50. The first kappa shape index (κ1) is 28.3. The summed E-state index contributed by atoms with van der Waals surface area (Å²) in [6.45, 7) is 0.144. The zero-order valence-electron chi connectivity index (χ0n) is 22.6. The van der Waals surface area contributed by atoms with Gasteiger partial charge in [0, 0.05) is 24.5 Å². The Labute approximate surface area is 232 Å². The second-order valence-electron chi connectivity index (χ2n) is 9.19. The molecule has 4 rings (SSSR count). The Morgan fingerprint density at radius 3 is 1.98 bits per heavy atom. The summed E-state index contributed by atoms with van der Waals surface area (Å²) in [4.78, 5) is 36.9. The number of alkyl carbamates (subject to hydrolysis) is 1. The first-order valence-electron chi connectivity index (χ1n) is 12.8. The molecular formula is C30H32N2O8. The lowest BCUT2D eigenvalue weighted by Crippen LogP contribution is -2.42. The zero-order valence-corrected chi connectivity index (χ0v) is 22.6. The summed E-state index contributed by atoms with van der Waals surface area (Å²) >= 11 is 0. The van der Waals surface area contributed by atoms with Crippen LogP contribution in [0.3, 0.4) is 0 Å². The largest absolute Gasteiger partial charge is 0.496 e. The Morgan fingerprint density at radius 2 is 1.45 bits per heavy atom. The van der Waals surface area contributed by atoms with Crippen molar-refractivity contribution in [1.29, 1.82) is 0 Å². The summed E-state index contributed by atoms with van der Waals surface area (Å²) in [6, 6.07) is 17.9. The van der Waals surface area contributed by atoms with Crippen molar-refractivity contribution in [3.8, 4) is 28.4 Å². The average molecular weight is 549 g/mol. The third-order valence-electron chi connectivity index (χ3n) is 6.87. The number of benzene rings is 3. The van der Waals surface area contributed by atoms with E-state index in [1.54, 1.807) is 12.1 Å². The molecular weight excluding hydrogens is 516 g/mol. The average Bonchev–Trinajstić information content (AvgIpc) is 3.29. The Bertz CT molecular complexity index is 1320. The number of hydrogen-bond acceptors (Lipinski definition) is 7. The summed E-state index contributed by atoms with van der Waals surface area (Å²) in [5.74, 6) is -0.347. The second kappa shape index (κ2) is 12.9. The fourth-order valence-corrected chi connectivity index (χ4v) is 4.84. The van der Waals surface area contributed by atoms with Crippen molar-refractivity contribution in [2.45, 2.75) is 31.3 Å². The third kappa shape index (κ3) is 6.28. The van der Waals surface area contributed by atoms with Crippen molar-refractivity contribution < 1.29 is 38.4 Å². The molecule has 1 aliphatic carbocycles. The predicted molar refractivity (Wildman–Crippen MR) is 147 cm³/mol. The Morgan fingerprint density at radius 1 is 0.875 bits per heavy atom. The van der Waals surface area contributed by atoms with Crippen LogP contribution in [0.2, 0.25) is 0 Å². The number of methoxy groups -OCH3 is 3. The molecule has 3 N–H and O–H groups in total. The van der Waals surface area contributed by atoms with E-state index in [0.717, 1.165) is 22.3 Å². The summed E-state index contributed by atoms with van der Waals surface area (Å²) in [6.07, 6.45) is -1.12. The van der Waals surface area contributed by atoms with Crippen LogP contribution in [0, 0.1) is 0 Å². The number of carbonyl (C=O) groups is 3. The maximum atomic E-state index is 12.6. The Balaban J connectivity index is 1.31. The number of nitrogens with one attached hydrogen (secondary N) is 2. The molecule has 210 valence electrons. The van der Waals surface area contributed by atoms with E-state index in [9.17, 15) is 19.5 Å². The van der Waals surface area contributed by atoms with Crippen LogP contribution in [-0.4, -0.2) is 57.1 Å². The molecule has 3 aromatic carbocycles. The van der Waals surface area contributed by atoms with E-state index in [1.165, 1.54) is 21.3 Å². The molecule has 0 radical (unpaired) electrons. The van der Waals surface area contributed by atoms with Crippen molar-refractivity contribution in [1.82, 2.24) is 10.6 Å². The lowest BCUT2D eigenvalue weighted by atomic mass is 9.98. The van der Waals surface area contributed by atoms with Crippen LogP contribution in [0.1, 0.15) is 35.4 Å². The fourth-order valence-electron chi connectivity index (χ4n) is 4.84. The lowest BCUT2D eigenvalue weighted by molar-refractivity contribution is -0.139. The van der Waals surface area contributed by atoms with Crippen LogP contribution in [0.5, 0.6) is 17.2 Å². The van der Waals surface area contributed by atoms with E-state index < -0.39 is 24.0 Å². The second-order valence-corrected chi connectivity index (χ2v) is 9.19. The molecule has 3 aromatic rings. The smallest absolute Gasteiger partial charge is 0.407 e. The molecule has 1 atom stereocenters. The highest BCUT2D eigenvalue weighted by molar-refractivity contribution is 5.82. The van der Waals surface area contributed by atoms with Gasteiger partial charge in [0.25, 0.3) is 0 Å². The molecule has 2 amide bonds. The molecule has 10 nitrogen and oxygen atoms in total. The monoisotopic (exact) mass is 548 g/mol. The molecule has 0 fully saturated rings. The van der Waals surface area contributed by atoms with Gasteiger partial charge in [-0.3, -0.25) is 4.79 Å². The zero-order chi connectivity index (χ0) is 28.6. The first-order chi connectivity index (χ1) is 19.4. The van der Waals surface area contributed by atoms with Crippen molar-refractivity contribution in [3.05, 3.63) is 77.4 Å². The number of amides is 2. The number of hydrogen-bond donors (Lipinski definition) is 3. The van der Waals surface area contributed by atoms with Gasteiger partial charge < -0.3 is 34.7 Å². The third-order valence-corrected chi connectivity index (χ3v) is 6.87. The van der Waals surface area contributed by atoms with E-state index in [4.69, 9.17) is 18.9 Å². The summed E-state index contributed by atoms with van der Waals surface area (Å²) < 4.78 is 21.4. The highest BCUT2D eigenvalue weighted by atomic mass is 16.5. The van der Waals surface area contributed by atoms with Crippen LogP contribution in [0.15, 0.2) is 60.7 Å². The van der Waals surface area contributed by atoms with Crippen molar-refractivity contribution in [2.75, 3.05) is 27.9 Å². The van der Waals surface area contributed by atoms with Crippen LogP contribution in [0.4, 0.5) is 4.79 Å². The van der Waals surface area contributed by atoms with Crippen LogP contribution < -0.4 is 24.8 Å². The van der Waals surface area contributed by atoms with E-state index in [-0.39, 0.29) is 31.9 Å². The van der Waals surface area contributed by atoms with Crippen LogP contribution in [-0.2, 0) is 20.9 Å².